The topological polar surface area (TPSA) is 84.2 Å². The molecule has 2 N–H and O–H groups in total. The first-order valence-electron chi connectivity index (χ1n) is 5.50. The van der Waals surface area contributed by atoms with Gasteiger partial charge in [0.25, 0.3) is 0 Å². The van der Waals surface area contributed by atoms with E-state index in [0.717, 1.165) is 5.69 Å². The predicted molar refractivity (Wildman–Crippen MR) is 66.7 cm³/mol. The molecular formula is C12H17N3O3. The van der Waals surface area contributed by atoms with Crippen LogP contribution in [0, 0.1) is 0 Å². The van der Waals surface area contributed by atoms with Crippen LogP contribution >= 0.6 is 0 Å². The van der Waals surface area contributed by atoms with Crippen LogP contribution < -0.4 is 5.32 Å². The molecule has 1 amide bonds. The molecule has 0 atom stereocenters. The number of carboxylic acid groups (broad SMARTS) is 1. The number of rotatable bonds is 5. The van der Waals surface area contributed by atoms with Gasteiger partial charge in [-0.15, -0.1) is 0 Å². The SMILES string of the molecule is Cn1nccc1C=CC(=O)NC(C)(C)CC(=O)O. The fourth-order valence-electron chi connectivity index (χ4n) is 1.51. The lowest BCUT2D eigenvalue weighted by Gasteiger charge is -2.23. The highest BCUT2D eigenvalue weighted by Gasteiger charge is 2.22. The van der Waals surface area contributed by atoms with Gasteiger partial charge in [0.1, 0.15) is 0 Å². The highest BCUT2D eigenvalue weighted by molar-refractivity contribution is 5.92. The van der Waals surface area contributed by atoms with Crippen molar-refractivity contribution in [1.82, 2.24) is 15.1 Å². The van der Waals surface area contributed by atoms with Crippen LogP contribution in [0.15, 0.2) is 18.3 Å². The van der Waals surface area contributed by atoms with Gasteiger partial charge in [-0.3, -0.25) is 14.3 Å². The number of carbonyl (C=O) groups excluding carboxylic acids is 1. The third kappa shape index (κ3) is 4.40. The minimum absolute atomic E-state index is 0.127. The Morgan fingerprint density at radius 3 is 2.72 bits per heavy atom. The van der Waals surface area contributed by atoms with Crippen molar-refractivity contribution < 1.29 is 14.7 Å². The molecular weight excluding hydrogens is 234 g/mol. The summed E-state index contributed by atoms with van der Waals surface area (Å²) in [5.74, 6) is -1.28. The minimum Gasteiger partial charge on any atom is -0.481 e. The van der Waals surface area contributed by atoms with Gasteiger partial charge in [0, 0.05) is 24.9 Å². The second-order valence-electron chi connectivity index (χ2n) is 4.66. The van der Waals surface area contributed by atoms with Crippen molar-refractivity contribution in [2.45, 2.75) is 25.8 Å². The molecule has 18 heavy (non-hydrogen) atoms. The average molecular weight is 251 g/mol. The average Bonchev–Trinajstić information content (AvgIpc) is 2.58. The van der Waals surface area contributed by atoms with E-state index in [-0.39, 0.29) is 12.3 Å². The predicted octanol–water partition coefficient (Wildman–Crippen LogP) is 0.803. The Kier molecular flexibility index (Phi) is 4.25. The minimum atomic E-state index is -0.948. The third-order valence-electron chi connectivity index (χ3n) is 2.32. The molecule has 1 aromatic rings. The lowest BCUT2D eigenvalue weighted by molar-refractivity contribution is -0.138. The van der Waals surface area contributed by atoms with E-state index in [1.165, 1.54) is 6.08 Å². The number of amides is 1. The number of nitrogens with one attached hydrogen (secondary N) is 1. The van der Waals surface area contributed by atoms with Crippen molar-refractivity contribution in [3.8, 4) is 0 Å². The highest BCUT2D eigenvalue weighted by atomic mass is 16.4. The number of carbonyl (C=O) groups is 2. The smallest absolute Gasteiger partial charge is 0.305 e. The van der Waals surface area contributed by atoms with E-state index in [4.69, 9.17) is 5.11 Å². The summed E-state index contributed by atoms with van der Waals surface area (Å²) in [6, 6.07) is 1.77. The first-order valence-corrected chi connectivity index (χ1v) is 5.50. The van der Waals surface area contributed by atoms with Crippen LogP contribution in [0.2, 0.25) is 0 Å². The Balaban J connectivity index is 2.59. The molecule has 0 aromatic carbocycles. The number of hydrogen-bond acceptors (Lipinski definition) is 3. The van der Waals surface area contributed by atoms with Crippen molar-refractivity contribution in [1.29, 1.82) is 0 Å². The molecule has 0 saturated carbocycles. The number of aromatic nitrogens is 2. The van der Waals surface area contributed by atoms with Crippen LogP contribution in [0.3, 0.4) is 0 Å². The second kappa shape index (κ2) is 5.48. The summed E-state index contributed by atoms with van der Waals surface area (Å²) >= 11 is 0. The molecule has 1 aromatic heterocycles. The summed E-state index contributed by atoms with van der Waals surface area (Å²) in [6.45, 7) is 3.33. The van der Waals surface area contributed by atoms with E-state index in [9.17, 15) is 9.59 Å². The summed E-state index contributed by atoms with van der Waals surface area (Å²) in [5, 5.41) is 15.3. The van der Waals surface area contributed by atoms with Crippen LogP contribution in [0.4, 0.5) is 0 Å². The molecule has 98 valence electrons. The largest absolute Gasteiger partial charge is 0.481 e. The number of nitrogens with zero attached hydrogens (tertiary/aromatic N) is 2. The van der Waals surface area contributed by atoms with Crippen LogP contribution in [0.5, 0.6) is 0 Å². The first-order chi connectivity index (χ1) is 8.30. The fourth-order valence-corrected chi connectivity index (χ4v) is 1.51. The summed E-state index contributed by atoms with van der Waals surface area (Å²) in [6.07, 6.45) is 4.49. The molecule has 0 unspecified atom stereocenters. The number of hydrogen-bond donors (Lipinski definition) is 2. The molecule has 1 rings (SSSR count). The second-order valence-corrected chi connectivity index (χ2v) is 4.66. The molecule has 0 fully saturated rings. The van der Waals surface area contributed by atoms with Crippen molar-refractivity contribution in [2.75, 3.05) is 0 Å². The molecule has 0 bridgehead atoms. The maximum atomic E-state index is 11.6. The third-order valence-corrected chi connectivity index (χ3v) is 2.32. The summed E-state index contributed by atoms with van der Waals surface area (Å²) in [4.78, 5) is 22.2. The standard InChI is InChI=1S/C12H17N3O3/c1-12(2,8-11(17)18)14-10(16)5-4-9-6-7-13-15(9)3/h4-7H,8H2,1-3H3,(H,14,16)(H,17,18). The van der Waals surface area contributed by atoms with Crippen molar-refractivity contribution >= 4 is 18.0 Å². The number of aliphatic carboxylic acids is 1. The maximum Gasteiger partial charge on any atom is 0.305 e. The fraction of sp³-hybridized carbons (Fsp3) is 0.417. The van der Waals surface area contributed by atoms with Crippen molar-refractivity contribution in [3.63, 3.8) is 0 Å². The number of aryl methyl sites for hydroxylation is 1. The zero-order chi connectivity index (χ0) is 13.8. The van der Waals surface area contributed by atoms with Gasteiger partial charge in [-0.05, 0) is 26.0 Å². The van der Waals surface area contributed by atoms with Crippen molar-refractivity contribution in [2.24, 2.45) is 7.05 Å². The highest BCUT2D eigenvalue weighted by Crippen LogP contribution is 2.08. The Morgan fingerprint density at radius 1 is 1.56 bits per heavy atom. The lowest BCUT2D eigenvalue weighted by Crippen LogP contribution is -2.44. The van der Waals surface area contributed by atoms with Gasteiger partial charge >= 0.3 is 5.97 Å². The molecule has 0 aliphatic rings. The van der Waals surface area contributed by atoms with Crippen LogP contribution in [-0.4, -0.2) is 32.3 Å². The Bertz CT molecular complexity index is 475. The van der Waals surface area contributed by atoms with Gasteiger partial charge in [-0.1, -0.05) is 0 Å². The van der Waals surface area contributed by atoms with E-state index in [0.29, 0.717) is 0 Å². The van der Waals surface area contributed by atoms with Gasteiger partial charge in [0.15, 0.2) is 0 Å². The summed E-state index contributed by atoms with van der Waals surface area (Å²) in [5.41, 5.74) is 0.0147. The van der Waals surface area contributed by atoms with Gasteiger partial charge in [-0.25, -0.2) is 0 Å². The molecule has 0 radical (unpaired) electrons. The Morgan fingerprint density at radius 2 is 2.22 bits per heavy atom. The summed E-state index contributed by atoms with van der Waals surface area (Å²) < 4.78 is 1.63. The molecule has 0 aliphatic carbocycles. The van der Waals surface area contributed by atoms with Crippen LogP contribution in [0.1, 0.15) is 26.0 Å². The zero-order valence-electron chi connectivity index (χ0n) is 10.7. The number of carboxylic acids is 1. The van der Waals surface area contributed by atoms with E-state index in [1.807, 2.05) is 0 Å². The molecule has 0 spiro atoms. The first kappa shape index (κ1) is 14.0. The lowest BCUT2D eigenvalue weighted by atomic mass is 10.0. The normalized spacial score (nSPS) is 11.7. The van der Waals surface area contributed by atoms with Gasteiger partial charge < -0.3 is 10.4 Å². The van der Waals surface area contributed by atoms with E-state index >= 15 is 0 Å². The van der Waals surface area contributed by atoms with Crippen LogP contribution in [0.25, 0.3) is 6.08 Å². The molecule has 1 heterocycles. The van der Waals surface area contributed by atoms with Crippen molar-refractivity contribution in [3.05, 3.63) is 24.0 Å². The van der Waals surface area contributed by atoms with Gasteiger partial charge in [0.2, 0.25) is 5.91 Å². The Labute approximate surface area is 105 Å². The van der Waals surface area contributed by atoms with Gasteiger partial charge in [-0.2, -0.15) is 5.10 Å². The molecule has 6 heteroatoms. The Hall–Kier alpha value is -2.11. The monoisotopic (exact) mass is 251 g/mol. The van der Waals surface area contributed by atoms with E-state index < -0.39 is 11.5 Å². The maximum absolute atomic E-state index is 11.6. The van der Waals surface area contributed by atoms with E-state index in [1.54, 1.807) is 43.9 Å². The van der Waals surface area contributed by atoms with E-state index in [2.05, 4.69) is 10.4 Å². The van der Waals surface area contributed by atoms with Crippen LogP contribution in [-0.2, 0) is 16.6 Å². The quantitative estimate of drug-likeness (QED) is 0.758. The molecule has 0 saturated heterocycles. The summed E-state index contributed by atoms with van der Waals surface area (Å²) in [7, 11) is 1.77. The molecule has 6 nitrogen and oxygen atoms in total. The zero-order valence-corrected chi connectivity index (χ0v) is 10.7. The molecule has 0 aliphatic heterocycles. The van der Waals surface area contributed by atoms with Gasteiger partial charge in [0.05, 0.1) is 12.1 Å².